The SMILES string of the molecule is Cl.NC(=O)[C@@H](Cc1ccccc1)NNC(=O)CCc1csc2ccccc12. The first-order valence-corrected chi connectivity index (χ1v) is 9.34. The number of carbonyl (C=O) groups is 2. The zero-order valence-electron chi connectivity index (χ0n) is 14.7. The van der Waals surface area contributed by atoms with E-state index in [1.807, 2.05) is 42.5 Å². The molecule has 0 aliphatic rings. The molecule has 0 bridgehead atoms. The Kier molecular flexibility index (Phi) is 7.79. The second-order valence-corrected chi connectivity index (χ2v) is 7.01. The number of hydrazine groups is 1. The summed E-state index contributed by atoms with van der Waals surface area (Å²) in [7, 11) is 0. The molecule has 0 fully saturated rings. The maximum absolute atomic E-state index is 12.1. The van der Waals surface area contributed by atoms with Gasteiger partial charge >= 0.3 is 0 Å². The molecule has 1 heterocycles. The molecule has 0 aliphatic carbocycles. The van der Waals surface area contributed by atoms with Crippen LogP contribution in [0.4, 0.5) is 0 Å². The Balaban J connectivity index is 0.00000261. The van der Waals surface area contributed by atoms with Gasteiger partial charge in [0, 0.05) is 11.1 Å². The first-order valence-electron chi connectivity index (χ1n) is 8.46. The fraction of sp³-hybridized carbons (Fsp3) is 0.200. The number of nitrogens with two attached hydrogens (primary N) is 1. The highest BCUT2D eigenvalue weighted by Gasteiger charge is 2.16. The van der Waals surface area contributed by atoms with Gasteiger partial charge in [0.05, 0.1) is 0 Å². The van der Waals surface area contributed by atoms with E-state index < -0.39 is 11.9 Å². The van der Waals surface area contributed by atoms with Crippen molar-refractivity contribution in [2.45, 2.75) is 25.3 Å². The Morgan fingerprint density at radius 3 is 2.48 bits per heavy atom. The normalized spacial score (nSPS) is 11.6. The van der Waals surface area contributed by atoms with Crippen molar-refractivity contribution in [3.63, 3.8) is 0 Å². The number of aryl methyl sites for hydroxylation is 1. The lowest BCUT2D eigenvalue weighted by Crippen LogP contribution is -2.51. The van der Waals surface area contributed by atoms with Crippen LogP contribution in [0.5, 0.6) is 0 Å². The molecular formula is C20H22ClN3O2S. The number of rotatable bonds is 8. The average Bonchev–Trinajstić information content (AvgIpc) is 3.07. The van der Waals surface area contributed by atoms with E-state index in [-0.39, 0.29) is 18.3 Å². The Labute approximate surface area is 168 Å². The second kappa shape index (κ2) is 10.1. The van der Waals surface area contributed by atoms with Crippen molar-refractivity contribution in [1.82, 2.24) is 10.9 Å². The summed E-state index contributed by atoms with van der Waals surface area (Å²) in [4.78, 5) is 23.7. The number of benzene rings is 2. The lowest BCUT2D eigenvalue weighted by molar-refractivity contribution is -0.123. The van der Waals surface area contributed by atoms with Crippen LogP contribution in [0, 0.1) is 0 Å². The topological polar surface area (TPSA) is 84.2 Å². The summed E-state index contributed by atoms with van der Waals surface area (Å²) in [5.74, 6) is -0.669. The standard InChI is InChI=1S/C20H21N3O2S.ClH/c21-20(25)17(12-14-6-2-1-3-7-14)22-23-19(24)11-10-15-13-26-18-9-5-4-8-16(15)18;/h1-9,13,17,22H,10-12H2,(H2,21,25)(H,23,24);1H/t17-;/m1./s1. The molecular weight excluding hydrogens is 382 g/mol. The summed E-state index contributed by atoms with van der Waals surface area (Å²) in [5, 5.41) is 3.28. The van der Waals surface area contributed by atoms with Gasteiger partial charge < -0.3 is 5.73 Å². The Morgan fingerprint density at radius 1 is 1.04 bits per heavy atom. The molecule has 0 saturated heterocycles. The Morgan fingerprint density at radius 2 is 1.74 bits per heavy atom. The van der Waals surface area contributed by atoms with Crippen molar-refractivity contribution in [2.75, 3.05) is 0 Å². The van der Waals surface area contributed by atoms with Gasteiger partial charge in [0.2, 0.25) is 11.8 Å². The van der Waals surface area contributed by atoms with E-state index in [0.717, 1.165) is 11.1 Å². The van der Waals surface area contributed by atoms with Crippen molar-refractivity contribution in [3.05, 3.63) is 71.1 Å². The molecule has 7 heteroatoms. The van der Waals surface area contributed by atoms with Crippen LogP contribution in [0.1, 0.15) is 17.5 Å². The fourth-order valence-corrected chi connectivity index (χ4v) is 3.77. The van der Waals surface area contributed by atoms with Gasteiger partial charge in [-0.3, -0.25) is 15.0 Å². The minimum absolute atomic E-state index is 0. The smallest absolute Gasteiger partial charge is 0.236 e. The van der Waals surface area contributed by atoms with Gasteiger partial charge in [-0.05, 0) is 40.8 Å². The monoisotopic (exact) mass is 403 g/mol. The zero-order chi connectivity index (χ0) is 18.4. The molecule has 0 unspecified atom stereocenters. The maximum atomic E-state index is 12.1. The van der Waals surface area contributed by atoms with Gasteiger partial charge in [0.1, 0.15) is 6.04 Å². The third-order valence-corrected chi connectivity index (χ3v) is 5.21. The van der Waals surface area contributed by atoms with Gasteiger partial charge in [-0.2, -0.15) is 0 Å². The molecule has 0 spiro atoms. The van der Waals surface area contributed by atoms with E-state index in [9.17, 15) is 9.59 Å². The molecule has 1 aromatic heterocycles. The lowest BCUT2D eigenvalue weighted by atomic mass is 10.1. The van der Waals surface area contributed by atoms with Gasteiger partial charge in [-0.25, -0.2) is 5.43 Å². The van der Waals surface area contributed by atoms with Crippen LogP contribution in [-0.4, -0.2) is 17.9 Å². The van der Waals surface area contributed by atoms with E-state index >= 15 is 0 Å². The summed E-state index contributed by atoms with van der Waals surface area (Å²) >= 11 is 1.68. The third-order valence-electron chi connectivity index (χ3n) is 4.19. The van der Waals surface area contributed by atoms with Gasteiger partial charge in [-0.1, -0.05) is 48.5 Å². The molecule has 0 aliphatic heterocycles. The molecule has 142 valence electrons. The number of hydrogen-bond acceptors (Lipinski definition) is 4. The van der Waals surface area contributed by atoms with Crippen molar-refractivity contribution < 1.29 is 9.59 Å². The molecule has 4 N–H and O–H groups in total. The number of carbonyl (C=O) groups excluding carboxylic acids is 2. The first kappa shape index (κ1) is 20.9. The number of halogens is 1. The summed E-state index contributed by atoms with van der Waals surface area (Å²) in [5.41, 5.74) is 12.9. The molecule has 0 radical (unpaired) electrons. The summed E-state index contributed by atoms with van der Waals surface area (Å²) in [6, 6.07) is 17.1. The van der Waals surface area contributed by atoms with Gasteiger partial charge in [-0.15, -0.1) is 23.7 Å². The summed E-state index contributed by atoms with van der Waals surface area (Å²) < 4.78 is 1.22. The molecule has 5 nitrogen and oxygen atoms in total. The highest BCUT2D eigenvalue weighted by atomic mass is 35.5. The van der Waals surface area contributed by atoms with Crippen molar-refractivity contribution in [3.8, 4) is 0 Å². The average molecular weight is 404 g/mol. The molecule has 2 amide bonds. The highest BCUT2D eigenvalue weighted by molar-refractivity contribution is 7.17. The number of amides is 2. The predicted octanol–water partition coefficient (Wildman–Crippen LogP) is 2.97. The van der Waals surface area contributed by atoms with Crippen molar-refractivity contribution in [1.29, 1.82) is 0 Å². The molecule has 3 rings (SSSR count). The number of nitrogens with one attached hydrogen (secondary N) is 2. The fourth-order valence-electron chi connectivity index (χ4n) is 2.78. The summed E-state index contributed by atoms with van der Waals surface area (Å²) in [6.45, 7) is 0. The van der Waals surface area contributed by atoms with Crippen LogP contribution in [0.3, 0.4) is 0 Å². The van der Waals surface area contributed by atoms with Crippen molar-refractivity contribution >= 4 is 45.6 Å². The first-order chi connectivity index (χ1) is 12.6. The van der Waals surface area contributed by atoms with E-state index in [1.165, 1.54) is 10.1 Å². The molecule has 1 atom stereocenters. The molecule has 0 saturated carbocycles. The summed E-state index contributed by atoms with van der Waals surface area (Å²) in [6.07, 6.45) is 1.41. The quantitative estimate of drug-likeness (QED) is 0.505. The number of primary amides is 1. The van der Waals surface area contributed by atoms with E-state index in [4.69, 9.17) is 5.73 Å². The third kappa shape index (κ3) is 5.79. The second-order valence-electron chi connectivity index (χ2n) is 6.09. The van der Waals surface area contributed by atoms with E-state index in [1.54, 1.807) is 11.3 Å². The van der Waals surface area contributed by atoms with Gasteiger partial charge in [0.15, 0.2) is 0 Å². The van der Waals surface area contributed by atoms with E-state index in [0.29, 0.717) is 19.3 Å². The van der Waals surface area contributed by atoms with Crippen LogP contribution in [-0.2, 0) is 22.4 Å². The highest BCUT2D eigenvalue weighted by Crippen LogP contribution is 2.26. The number of hydrogen-bond donors (Lipinski definition) is 3. The Bertz CT molecular complexity index is 898. The van der Waals surface area contributed by atoms with Crippen LogP contribution in [0.15, 0.2) is 60.0 Å². The minimum atomic E-state index is -0.650. The minimum Gasteiger partial charge on any atom is -0.368 e. The van der Waals surface area contributed by atoms with Crippen LogP contribution >= 0.6 is 23.7 Å². The molecule has 3 aromatic rings. The maximum Gasteiger partial charge on any atom is 0.236 e. The number of thiophene rings is 1. The molecule has 27 heavy (non-hydrogen) atoms. The largest absolute Gasteiger partial charge is 0.368 e. The lowest BCUT2D eigenvalue weighted by Gasteiger charge is -2.16. The van der Waals surface area contributed by atoms with Gasteiger partial charge in [0.25, 0.3) is 0 Å². The zero-order valence-corrected chi connectivity index (χ0v) is 16.3. The van der Waals surface area contributed by atoms with Crippen LogP contribution in [0.2, 0.25) is 0 Å². The van der Waals surface area contributed by atoms with Crippen molar-refractivity contribution in [2.24, 2.45) is 5.73 Å². The number of fused-ring (bicyclic) bond motifs is 1. The predicted molar refractivity (Wildman–Crippen MR) is 112 cm³/mol. The molecule has 2 aromatic carbocycles. The van der Waals surface area contributed by atoms with E-state index in [2.05, 4.69) is 28.4 Å². The Hall–Kier alpha value is -2.41. The van der Waals surface area contributed by atoms with Crippen LogP contribution < -0.4 is 16.6 Å². The van der Waals surface area contributed by atoms with Crippen LogP contribution in [0.25, 0.3) is 10.1 Å².